The first-order chi connectivity index (χ1) is 9.06. The first kappa shape index (κ1) is 15.3. The molecule has 0 unspecified atom stereocenters. The molecule has 0 atom stereocenters. The van der Waals surface area contributed by atoms with Crippen LogP contribution in [-0.4, -0.2) is 30.9 Å². The van der Waals surface area contributed by atoms with E-state index in [4.69, 9.17) is 5.73 Å². The lowest BCUT2D eigenvalue weighted by Crippen LogP contribution is -2.29. The highest BCUT2D eigenvalue weighted by molar-refractivity contribution is 5.96. The predicted molar refractivity (Wildman–Crippen MR) is 78.8 cm³/mol. The highest BCUT2D eigenvalue weighted by atomic mass is 16.2. The first-order valence-corrected chi connectivity index (χ1v) is 6.59. The number of carbonyl (C=O) groups is 1. The molecular weight excluding hydrogens is 236 g/mol. The van der Waals surface area contributed by atoms with Crippen LogP contribution in [-0.2, 0) is 0 Å². The largest absolute Gasteiger partial charge is 0.342 e. The van der Waals surface area contributed by atoms with E-state index in [0.717, 1.165) is 18.5 Å². The smallest absolute Gasteiger partial charge is 0.254 e. The van der Waals surface area contributed by atoms with E-state index in [1.807, 2.05) is 31.3 Å². The van der Waals surface area contributed by atoms with Gasteiger partial charge in [0.2, 0.25) is 0 Å². The highest BCUT2D eigenvalue weighted by Gasteiger charge is 2.14. The van der Waals surface area contributed by atoms with Gasteiger partial charge < -0.3 is 10.6 Å². The molecule has 0 aliphatic rings. The van der Waals surface area contributed by atoms with E-state index in [2.05, 4.69) is 25.7 Å². The third-order valence-corrected chi connectivity index (χ3v) is 2.87. The minimum absolute atomic E-state index is 0.0163. The lowest BCUT2D eigenvalue weighted by molar-refractivity contribution is 0.0789. The number of rotatable bonds is 4. The zero-order chi connectivity index (χ0) is 14.3. The Morgan fingerprint density at radius 3 is 2.68 bits per heavy atom. The van der Waals surface area contributed by atoms with Crippen LogP contribution in [0.25, 0.3) is 0 Å². The Morgan fingerprint density at radius 2 is 2.05 bits per heavy atom. The van der Waals surface area contributed by atoms with Crippen LogP contribution in [0.4, 0.5) is 0 Å². The molecule has 0 heterocycles. The van der Waals surface area contributed by atoms with Crippen molar-refractivity contribution < 1.29 is 4.79 Å². The number of hydrogen-bond acceptors (Lipinski definition) is 2. The molecule has 3 heteroatoms. The van der Waals surface area contributed by atoms with Crippen LogP contribution < -0.4 is 5.73 Å². The van der Waals surface area contributed by atoms with E-state index >= 15 is 0 Å². The van der Waals surface area contributed by atoms with Gasteiger partial charge in [-0.1, -0.05) is 37.8 Å². The van der Waals surface area contributed by atoms with Gasteiger partial charge in [0.15, 0.2) is 0 Å². The van der Waals surface area contributed by atoms with Gasteiger partial charge in [-0.2, -0.15) is 0 Å². The van der Waals surface area contributed by atoms with Crippen molar-refractivity contribution >= 4 is 5.91 Å². The molecular formula is C16H22N2O. The van der Waals surface area contributed by atoms with Crippen LogP contribution in [0.5, 0.6) is 0 Å². The molecule has 3 nitrogen and oxygen atoms in total. The SMILES string of the molecule is CC(C)CCN(C)C(=O)c1ccccc1C#CCN. The Labute approximate surface area is 115 Å². The van der Waals surface area contributed by atoms with Gasteiger partial charge in [0.1, 0.15) is 0 Å². The van der Waals surface area contributed by atoms with Crippen LogP contribution in [0, 0.1) is 17.8 Å². The standard InChI is InChI=1S/C16H22N2O/c1-13(2)10-12-18(3)16(19)15-9-5-4-7-14(15)8-6-11-17/h4-5,7,9,13H,10-12,17H2,1-3H3. The van der Waals surface area contributed by atoms with E-state index in [1.54, 1.807) is 4.90 Å². The summed E-state index contributed by atoms with van der Waals surface area (Å²) in [6.07, 6.45) is 0.999. The summed E-state index contributed by atoms with van der Waals surface area (Å²) >= 11 is 0. The average Bonchev–Trinajstić information content (AvgIpc) is 2.42. The molecule has 0 spiro atoms. The maximum atomic E-state index is 12.4. The van der Waals surface area contributed by atoms with Crippen molar-refractivity contribution in [3.63, 3.8) is 0 Å². The van der Waals surface area contributed by atoms with Gasteiger partial charge in [-0.05, 0) is 24.5 Å². The summed E-state index contributed by atoms with van der Waals surface area (Å²) in [7, 11) is 1.83. The number of benzene rings is 1. The molecule has 1 rings (SSSR count). The lowest BCUT2D eigenvalue weighted by Gasteiger charge is -2.19. The fourth-order valence-corrected chi connectivity index (χ4v) is 1.68. The van der Waals surface area contributed by atoms with Crippen LogP contribution in [0.15, 0.2) is 24.3 Å². The fraction of sp³-hybridized carbons (Fsp3) is 0.438. The molecule has 0 radical (unpaired) electrons. The summed E-state index contributed by atoms with van der Waals surface area (Å²) in [6.45, 7) is 5.36. The highest BCUT2D eigenvalue weighted by Crippen LogP contribution is 2.11. The number of nitrogens with zero attached hydrogens (tertiary/aromatic N) is 1. The molecule has 19 heavy (non-hydrogen) atoms. The number of carbonyl (C=O) groups excluding carboxylic acids is 1. The van der Waals surface area contributed by atoms with Crippen molar-refractivity contribution in [2.45, 2.75) is 20.3 Å². The second-order valence-electron chi connectivity index (χ2n) is 4.96. The number of amides is 1. The Morgan fingerprint density at radius 1 is 1.37 bits per heavy atom. The molecule has 1 aromatic carbocycles. The van der Waals surface area contributed by atoms with E-state index < -0.39 is 0 Å². The maximum Gasteiger partial charge on any atom is 0.254 e. The summed E-state index contributed by atoms with van der Waals surface area (Å²) < 4.78 is 0. The van der Waals surface area contributed by atoms with Gasteiger partial charge in [0.05, 0.1) is 12.1 Å². The normalized spacial score (nSPS) is 9.95. The van der Waals surface area contributed by atoms with E-state index in [-0.39, 0.29) is 5.91 Å². The topological polar surface area (TPSA) is 46.3 Å². The van der Waals surface area contributed by atoms with Crippen LogP contribution in [0.3, 0.4) is 0 Å². The Hall–Kier alpha value is -1.79. The van der Waals surface area contributed by atoms with Crippen LogP contribution >= 0.6 is 0 Å². The zero-order valence-corrected chi connectivity index (χ0v) is 11.9. The predicted octanol–water partition coefficient (Wildman–Crippen LogP) is 2.11. The molecule has 102 valence electrons. The zero-order valence-electron chi connectivity index (χ0n) is 11.9. The minimum atomic E-state index is 0.0163. The third-order valence-electron chi connectivity index (χ3n) is 2.87. The molecule has 1 aromatic rings. The molecule has 0 aliphatic carbocycles. The van der Waals surface area contributed by atoms with Crippen LogP contribution in [0.2, 0.25) is 0 Å². The van der Waals surface area contributed by atoms with Gasteiger partial charge in [-0.25, -0.2) is 0 Å². The Kier molecular flexibility index (Phi) is 6.11. The first-order valence-electron chi connectivity index (χ1n) is 6.59. The van der Waals surface area contributed by atoms with Gasteiger partial charge in [0.25, 0.3) is 5.91 Å². The fourth-order valence-electron chi connectivity index (χ4n) is 1.68. The molecule has 2 N–H and O–H groups in total. The molecule has 0 aliphatic heterocycles. The lowest BCUT2D eigenvalue weighted by atomic mass is 10.1. The minimum Gasteiger partial charge on any atom is -0.342 e. The average molecular weight is 258 g/mol. The molecule has 0 aromatic heterocycles. The van der Waals surface area contributed by atoms with Gasteiger partial charge >= 0.3 is 0 Å². The molecule has 0 bridgehead atoms. The van der Waals surface area contributed by atoms with E-state index in [9.17, 15) is 4.79 Å². The second-order valence-corrected chi connectivity index (χ2v) is 4.96. The summed E-state index contributed by atoms with van der Waals surface area (Å²) in [4.78, 5) is 14.1. The van der Waals surface area contributed by atoms with Crippen molar-refractivity contribution in [3.8, 4) is 11.8 Å². The van der Waals surface area contributed by atoms with E-state index in [0.29, 0.717) is 18.0 Å². The monoisotopic (exact) mass is 258 g/mol. The Balaban J connectivity index is 2.87. The van der Waals surface area contributed by atoms with Gasteiger partial charge in [-0.15, -0.1) is 0 Å². The second kappa shape index (κ2) is 7.60. The summed E-state index contributed by atoms with van der Waals surface area (Å²) in [5, 5.41) is 0. The maximum absolute atomic E-state index is 12.4. The Bertz CT molecular complexity index is 483. The van der Waals surface area contributed by atoms with Crippen LogP contribution in [0.1, 0.15) is 36.2 Å². The van der Waals surface area contributed by atoms with Gasteiger partial charge in [0, 0.05) is 19.2 Å². The summed E-state index contributed by atoms with van der Waals surface area (Å²) in [5.74, 6) is 6.35. The molecule has 1 amide bonds. The van der Waals surface area contributed by atoms with Crippen molar-refractivity contribution in [2.24, 2.45) is 11.7 Å². The van der Waals surface area contributed by atoms with Gasteiger partial charge in [-0.3, -0.25) is 4.79 Å². The van der Waals surface area contributed by atoms with Crippen molar-refractivity contribution in [1.82, 2.24) is 4.90 Å². The molecule has 0 fully saturated rings. The summed E-state index contributed by atoms with van der Waals surface area (Å²) in [5.41, 5.74) is 6.77. The van der Waals surface area contributed by atoms with Crippen molar-refractivity contribution in [3.05, 3.63) is 35.4 Å². The molecule has 0 saturated carbocycles. The number of hydrogen-bond donors (Lipinski definition) is 1. The summed E-state index contributed by atoms with van der Waals surface area (Å²) in [6, 6.07) is 7.41. The third kappa shape index (κ3) is 4.76. The number of nitrogens with two attached hydrogens (primary N) is 1. The molecule has 0 saturated heterocycles. The van der Waals surface area contributed by atoms with Crippen molar-refractivity contribution in [2.75, 3.05) is 20.1 Å². The quantitative estimate of drug-likeness (QED) is 0.841. The van der Waals surface area contributed by atoms with Crippen molar-refractivity contribution in [1.29, 1.82) is 0 Å². The van der Waals surface area contributed by atoms with E-state index in [1.165, 1.54) is 0 Å².